The van der Waals surface area contributed by atoms with E-state index in [1.54, 1.807) is 28.6 Å². The molecule has 0 bridgehead atoms. The highest BCUT2D eigenvalue weighted by Gasteiger charge is 2.33. The lowest BCUT2D eigenvalue weighted by atomic mass is 10.1. The van der Waals surface area contributed by atoms with Crippen molar-refractivity contribution in [2.45, 2.75) is 37.1 Å². The zero-order chi connectivity index (χ0) is 22.1. The number of aromatic nitrogens is 2. The summed E-state index contributed by atoms with van der Waals surface area (Å²) in [5.41, 5.74) is 1.98. The van der Waals surface area contributed by atoms with Crippen LogP contribution in [-0.4, -0.2) is 80.5 Å². The molecule has 3 aliphatic heterocycles. The van der Waals surface area contributed by atoms with Gasteiger partial charge in [-0.05, 0) is 38.4 Å². The molecule has 1 aromatic heterocycles. The predicted octanol–water partition coefficient (Wildman–Crippen LogP) is 1.97. The Bertz CT molecular complexity index is 1050. The largest absolute Gasteiger partial charge is 0.354 e. The SMILES string of the molecule is CN1CCN(c2nc(N3CCCCC3)nc3c2CN(S(=O)(=O)c2ccccc2)CC3)CC1. The minimum absolute atomic E-state index is 0.328. The average Bonchev–Trinajstić information content (AvgIpc) is 2.84. The number of hydrogen-bond acceptors (Lipinski definition) is 7. The third kappa shape index (κ3) is 4.21. The molecule has 8 nitrogen and oxygen atoms in total. The average molecular weight is 457 g/mol. The summed E-state index contributed by atoms with van der Waals surface area (Å²) in [5, 5.41) is 0. The van der Waals surface area contributed by atoms with E-state index >= 15 is 0 Å². The molecule has 2 saturated heterocycles. The molecule has 2 fully saturated rings. The molecule has 32 heavy (non-hydrogen) atoms. The van der Waals surface area contributed by atoms with Gasteiger partial charge < -0.3 is 14.7 Å². The van der Waals surface area contributed by atoms with Gasteiger partial charge in [0.05, 0.1) is 10.6 Å². The molecule has 3 aliphatic rings. The van der Waals surface area contributed by atoms with Gasteiger partial charge >= 0.3 is 0 Å². The van der Waals surface area contributed by atoms with Crippen LogP contribution in [-0.2, 0) is 23.0 Å². The van der Waals surface area contributed by atoms with Crippen molar-refractivity contribution in [1.29, 1.82) is 0 Å². The Morgan fingerprint density at radius 3 is 2.25 bits per heavy atom. The number of rotatable bonds is 4. The first-order valence-electron chi connectivity index (χ1n) is 11.7. The van der Waals surface area contributed by atoms with E-state index in [4.69, 9.17) is 9.97 Å². The molecule has 0 atom stereocenters. The van der Waals surface area contributed by atoms with E-state index in [2.05, 4.69) is 21.7 Å². The van der Waals surface area contributed by atoms with Gasteiger partial charge in [0.15, 0.2) is 0 Å². The minimum Gasteiger partial charge on any atom is -0.354 e. The van der Waals surface area contributed by atoms with Crippen LogP contribution in [0, 0.1) is 0 Å². The van der Waals surface area contributed by atoms with Crippen molar-refractivity contribution in [1.82, 2.24) is 19.2 Å². The molecule has 0 N–H and O–H groups in total. The number of nitrogens with zero attached hydrogens (tertiary/aromatic N) is 6. The maximum Gasteiger partial charge on any atom is 0.243 e. The van der Waals surface area contributed by atoms with Gasteiger partial charge in [0, 0.05) is 64.3 Å². The molecular formula is C23H32N6O2S. The fourth-order valence-electron chi connectivity index (χ4n) is 4.82. The van der Waals surface area contributed by atoms with Crippen molar-refractivity contribution in [3.8, 4) is 0 Å². The zero-order valence-electron chi connectivity index (χ0n) is 18.8. The molecule has 5 rings (SSSR count). The summed E-state index contributed by atoms with van der Waals surface area (Å²) >= 11 is 0. The third-order valence-electron chi connectivity index (χ3n) is 6.81. The van der Waals surface area contributed by atoms with Gasteiger partial charge in [0.2, 0.25) is 16.0 Å². The lowest BCUT2D eigenvalue weighted by molar-refractivity contribution is 0.310. The van der Waals surface area contributed by atoms with E-state index in [-0.39, 0.29) is 0 Å². The number of anilines is 2. The molecule has 0 aliphatic carbocycles. The molecule has 1 aromatic carbocycles. The van der Waals surface area contributed by atoms with Crippen LogP contribution >= 0.6 is 0 Å². The van der Waals surface area contributed by atoms with E-state index in [9.17, 15) is 8.42 Å². The number of hydrogen-bond donors (Lipinski definition) is 0. The zero-order valence-corrected chi connectivity index (χ0v) is 19.6. The van der Waals surface area contributed by atoms with Gasteiger partial charge in [0.25, 0.3) is 0 Å². The second-order valence-corrected chi connectivity index (χ2v) is 11.0. The summed E-state index contributed by atoms with van der Waals surface area (Å²) in [6.45, 7) is 6.51. The van der Waals surface area contributed by atoms with Crippen molar-refractivity contribution in [2.24, 2.45) is 0 Å². The highest BCUT2D eigenvalue weighted by Crippen LogP contribution is 2.32. The highest BCUT2D eigenvalue weighted by atomic mass is 32.2. The molecule has 0 saturated carbocycles. The number of benzene rings is 1. The smallest absolute Gasteiger partial charge is 0.243 e. The summed E-state index contributed by atoms with van der Waals surface area (Å²) in [5.74, 6) is 1.74. The van der Waals surface area contributed by atoms with Gasteiger partial charge in [-0.1, -0.05) is 18.2 Å². The topological polar surface area (TPSA) is 72.9 Å². The Morgan fingerprint density at radius 2 is 1.53 bits per heavy atom. The number of piperazine rings is 1. The van der Waals surface area contributed by atoms with Gasteiger partial charge in [-0.15, -0.1) is 0 Å². The lowest BCUT2D eigenvalue weighted by Crippen LogP contribution is -2.46. The van der Waals surface area contributed by atoms with Crippen molar-refractivity contribution in [2.75, 3.05) is 62.7 Å². The maximum atomic E-state index is 13.3. The molecule has 0 spiro atoms. The van der Waals surface area contributed by atoms with Crippen molar-refractivity contribution >= 4 is 21.8 Å². The van der Waals surface area contributed by atoms with Gasteiger partial charge in [0.1, 0.15) is 5.82 Å². The van der Waals surface area contributed by atoms with E-state index in [1.165, 1.54) is 19.3 Å². The normalized spacial score (nSPS) is 20.9. The molecule has 0 radical (unpaired) electrons. The van der Waals surface area contributed by atoms with Crippen LogP contribution in [0.5, 0.6) is 0 Å². The molecule has 0 amide bonds. The number of sulfonamides is 1. The Kier molecular flexibility index (Phi) is 6.05. The first-order valence-corrected chi connectivity index (χ1v) is 13.1. The fraction of sp³-hybridized carbons (Fsp3) is 0.565. The van der Waals surface area contributed by atoms with Gasteiger partial charge in [-0.3, -0.25) is 0 Å². The Labute approximate surface area is 190 Å². The molecule has 4 heterocycles. The first-order chi connectivity index (χ1) is 15.5. The van der Waals surface area contributed by atoms with Crippen LogP contribution in [0.3, 0.4) is 0 Å². The standard InChI is InChI=1S/C23H32N6O2S/c1-26-14-16-27(17-15-26)22-20-18-29(32(30,31)19-8-4-2-5-9-19)13-10-21(20)24-23(25-22)28-11-6-3-7-12-28/h2,4-5,8-9H,3,6-7,10-18H2,1H3. The monoisotopic (exact) mass is 456 g/mol. The minimum atomic E-state index is -3.55. The molecule has 2 aromatic rings. The predicted molar refractivity (Wildman–Crippen MR) is 126 cm³/mol. The summed E-state index contributed by atoms with van der Waals surface area (Å²) < 4.78 is 28.2. The van der Waals surface area contributed by atoms with Crippen molar-refractivity contribution < 1.29 is 8.42 Å². The maximum absolute atomic E-state index is 13.3. The van der Waals surface area contributed by atoms with E-state index in [1.807, 2.05) is 6.07 Å². The van der Waals surface area contributed by atoms with Gasteiger partial charge in [-0.2, -0.15) is 9.29 Å². The summed E-state index contributed by atoms with van der Waals surface area (Å²) in [7, 11) is -1.41. The number of likely N-dealkylation sites (N-methyl/N-ethyl adjacent to an activating group) is 1. The van der Waals surface area contributed by atoms with Crippen LogP contribution < -0.4 is 9.80 Å². The molecular weight excluding hydrogens is 424 g/mol. The molecule has 0 unspecified atom stereocenters. The highest BCUT2D eigenvalue weighted by molar-refractivity contribution is 7.89. The van der Waals surface area contributed by atoms with Crippen LogP contribution in [0.15, 0.2) is 35.2 Å². The van der Waals surface area contributed by atoms with E-state index in [0.717, 1.165) is 62.3 Å². The summed E-state index contributed by atoms with van der Waals surface area (Å²) in [6.07, 6.45) is 4.23. The number of fused-ring (bicyclic) bond motifs is 1. The fourth-order valence-corrected chi connectivity index (χ4v) is 6.25. The Hall–Kier alpha value is -2.23. The lowest BCUT2D eigenvalue weighted by Gasteiger charge is -2.37. The van der Waals surface area contributed by atoms with E-state index < -0.39 is 10.0 Å². The van der Waals surface area contributed by atoms with Crippen LogP contribution in [0.4, 0.5) is 11.8 Å². The molecule has 172 valence electrons. The van der Waals surface area contributed by atoms with Gasteiger partial charge in [-0.25, -0.2) is 13.4 Å². The molecule has 9 heteroatoms. The van der Waals surface area contributed by atoms with Crippen LogP contribution in [0.25, 0.3) is 0 Å². The van der Waals surface area contributed by atoms with Crippen LogP contribution in [0.2, 0.25) is 0 Å². The second kappa shape index (κ2) is 8.96. The third-order valence-corrected chi connectivity index (χ3v) is 8.67. The van der Waals surface area contributed by atoms with Crippen molar-refractivity contribution in [3.05, 3.63) is 41.6 Å². The number of piperidine rings is 1. The van der Waals surface area contributed by atoms with Crippen molar-refractivity contribution in [3.63, 3.8) is 0 Å². The Morgan fingerprint density at radius 1 is 0.812 bits per heavy atom. The Balaban J connectivity index is 1.50. The second-order valence-electron chi connectivity index (χ2n) is 9.01. The summed E-state index contributed by atoms with van der Waals surface area (Å²) in [6, 6.07) is 8.72. The quantitative estimate of drug-likeness (QED) is 0.696. The summed E-state index contributed by atoms with van der Waals surface area (Å²) in [4.78, 5) is 17.3. The van der Waals surface area contributed by atoms with E-state index in [0.29, 0.717) is 24.4 Å². The van der Waals surface area contributed by atoms with Crippen LogP contribution in [0.1, 0.15) is 30.5 Å². The first kappa shape index (κ1) is 21.6.